The molecule has 7 rings (SSSR count). The van der Waals surface area contributed by atoms with Gasteiger partial charge < -0.3 is 38.4 Å². The number of ether oxygens (including phenoxy) is 6. The molecule has 7 atom stereocenters. The normalized spacial score (nSPS) is 30.6. The molecular weight excluding hydrogens is 580 g/mol. The van der Waals surface area contributed by atoms with Gasteiger partial charge in [0.15, 0.2) is 28.8 Å². The number of aliphatic hydroxyl groups is 1. The van der Waals surface area contributed by atoms with Crippen molar-refractivity contribution in [3.05, 3.63) is 46.5 Å². The van der Waals surface area contributed by atoms with E-state index in [1.165, 1.54) is 7.11 Å². The van der Waals surface area contributed by atoms with Crippen LogP contribution < -0.4 is 18.9 Å². The second kappa shape index (κ2) is 12.1. The molecule has 242 valence electrons. The lowest BCUT2D eigenvalue weighted by Crippen LogP contribution is -2.51. The second-order valence-corrected chi connectivity index (χ2v) is 12.8. The zero-order chi connectivity index (χ0) is 31.4. The monoisotopic (exact) mass is 622 g/mol. The molecule has 4 heterocycles. The molecule has 1 amide bonds. The molecule has 4 aliphatic heterocycles. The Kier molecular flexibility index (Phi) is 8.14. The Labute approximate surface area is 263 Å². The van der Waals surface area contributed by atoms with Crippen molar-refractivity contribution in [1.82, 2.24) is 9.80 Å². The number of benzene rings is 2. The maximum absolute atomic E-state index is 14.4. The summed E-state index contributed by atoms with van der Waals surface area (Å²) in [5.74, 6) is 1.01. The number of morpholine rings is 1. The topological polar surface area (TPSA) is 116 Å². The maximum atomic E-state index is 14.4. The molecule has 11 nitrogen and oxygen atoms in total. The predicted octanol–water partition coefficient (Wildman–Crippen LogP) is 3.77. The first kappa shape index (κ1) is 30.3. The number of carbonyl (C=O) groups is 2. The summed E-state index contributed by atoms with van der Waals surface area (Å²) >= 11 is 0. The van der Waals surface area contributed by atoms with Crippen LogP contribution in [0.15, 0.2) is 24.3 Å². The highest BCUT2D eigenvalue weighted by molar-refractivity contribution is 6.11. The number of fused-ring (bicyclic) bond motifs is 6. The molecule has 0 aromatic heterocycles. The summed E-state index contributed by atoms with van der Waals surface area (Å²) in [6, 6.07) is 6.52. The van der Waals surface area contributed by atoms with Crippen LogP contribution >= 0.6 is 0 Å². The van der Waals surface area contributed by atoms with Crippen LogP contribution in [0.5, 0.6) is 23.0 Å². The summed E-state index contributed by atoms with van der Waals surface area (Å²) in [7, 11) is 1.52. The number of amides is 1. The minimum atomic E-state index is -0.927. The number of nitrogens with zero attached hydrogens (tertiary/aromatic N) is 2. The second-order valence-electron chi connectivity index (χ2n) is 12.8. The van der Waals surface area contributed by atoms with Crippen molar-refractivity contribution in [2.45, 2.75) is 64.1 Å². The molecule has 1 aliphatic carbocycles. The molecule has 45 heavy (non-hydrogen) atoms. The molecule has 2 aromatic carbocycles. The molecular formula is C34H42N2O9. The average Bonchev–Trinajstić information content (AvgIpc) is 3.63. The Morgan fingerprint density at radius 1 is 0.933 bits per heavy atom. The number of aliphatic hydroxyl groups excluding tert-OH is 1. The molecule has 11 heteroatoms. The van der Waals surface area contributed by atoms with Gasteiger partial charge in [-0.25, -0.2) is 0 Å². The molecule has 5 aliphatic rings. The van der Waals surface area contributed by atoms with E-state index in [9.17, 15) is 14.7 Å². The lowest BCUT2D eigenvalue weighted by molar-refractivity contribution is -0.238. The van der Waals surface area contributed by atoms with Gasteiger partial charge in [0.1, 0.15) is 6.10 Å². The fraction of sp³-hybridized carbons (Fsp3) is 0.588. The minimum absolute atomic E-state index is 0.0501. The SMILES string of the molecule is CC[C@H]1O[C@@H](Oc2cc3c(cc2OC)C2C(=O)c4cc5c(cc4C2N(CCCN2CCOCC2)C3=O)OCO5)[C@H](O)[C@@H](C)[C@H]1C. The van der Waals surface area contributed by atoms with Crippen LogP contribution in [-0.4, -0.2) is 98.4 Å². The maximum Gasteiger partial charge on any atom is 0.254 e. The van der Waals surface area contributed by atoms with E-state index < -0.39 is 24.4 Å². The number of rotatable bonds is 8. The first-order valence-corrected chi connectivity index (χ1v) is 16.1. The van der Waals surface area contributed by atoms with E-state index in [0.717, 1.165) is 38.0 Å². The molecule has 0 bridgehead atoms. The van der Waals surface area contributed by atoms with Gasteiger partial charge in [-0.1, -0.05) is 20.8 Å². The molecule has 0 spiro atoms. The van der Waals surface area contributed by atoms with Crippen LogP contribution in [0.2, 0.25) is 0 Å². The molecule has 2 saturated heterocycles. The van der Waals surface area contributed by atoms with Crippen molar-refractivity contribution in [2.75, 3.05) is 53.3 Å². The summed E-state index contributed by atoms with van der Waals surface area (Å²) in [5.41, 5.74) is 2.30. The van der Waals surface area contributed by atoms with Crippen LogP contribution in [0, 0.1) is 11.8 Å². The molecule has 0 saturated carbocycles. The highest BCUT2D eigenvalue weighted by atomic mass is 16.7. The number of hydrogen-bond acceptors (Lipinski definition) is 10. The van der Waals surface area contributed by atoms with Crippen molar-refractivity contribution in [3.8, 4) is 23.0 Å². The van der Waals surface area contributed by atoms with Gasteiger partial charge in [0.2, 0.25) is 13.1 Å². The third-order valence-electron chi connectivity index (χ3n) is 10.4. The van der Waals surface area contributed by atoms with E-state index in [0.29, 0.717) is 59.4 Å². The highest BCUT2D eigenvalue weighted by Gasteiger charge is 2.51. The van der Waals surface area contributed by atoms with Crippen molar-refractivity contribution in [1.29, 1.82) is 0 Å². The number of Topliss-reactive ketones (excluding diaryl/α,β-unsaturated/α-hetero) is 1. The number of carbonyl (C=O) groups excluding carboxylic acids is 2. The summed E-state index contributed by atoms with van der Waals surface area (Å²) in [6.07, 6.45) is -0.344. The summed E-state index contributed by atoms with van der Waals surface area (Å²) in [5, 5.41) is 11.1. The zero-order valence-electron chi connectivity index (χ0n) is 26.3. The van der Waals surface area contributed by atoms with Crippen LogP contribution in [0.25, 0.3) is 0 Å². The van der Waals surface area contributed by atoms with Crippen molar-refractivity contribution < 1.29 is 43.1 Å². The molecule has 1 N–H and O–H groups in total. The van der Waals surface area contributed by atoms with Crippen molar-refractivity contribution >= 4 is 11.7 Å². The Morgan fingerprint density at radius 2 is 1.69 bits per heavy atom. The Morgan fingerprint density at radius 3 is 2.42 bits per heavy atom. The van der Waals surface area contributed by atoms with Gasteiger partial charge in [0.25, 0.3) is 5.91 Å². The first-order chi connectivity index (χ1) is 21.8. The number of ketones is 1. The van der Waals surface area contributed by atoms with Crippen LogP contribution in [0.3, 0.4) is 0 Å². The third-order valence-corrected chi connectivity index (χ3v) is 10.4. The highest BCUT2D eigenvalue weighted by Crippen LogP contribution is 2.54. The molecule has 0 radical (unpaired) electrons. The fourth-order valence-corrected chi connectivity index (χ4v) is 7.61. The lowest BCUT2D eigenvalue weighted by atomic mass is 9.82. The predicted molar refractivity (Wildman–Crippen MR) is 162 cm³/mol. The Bertz CT molecular complexity index is 1470. The van der Waals surface area contributed by atoms with Gasteiger partial charge in [-0.05, 0) is 60.1 Å². The van der Waals surface area contributed by atoms with Crippen LogP contribution in [0.1, 0.15) is 77.4 Å². The summed E-state index contributed by atoms with van der Waals surface area (Å²) in [6.45, 7) is 10.6. The molecule has 2 fully saturated rings. The van der Waals surface area contributed by atoms with Crippen molar-refractivity contribution in [2.24, 2.45) is 11.8 Å². The van der Waals surface area contributed by atoms with Crippen molar-refractivity contribution in [3.63, 3.8) is 0 Å². The van der Waals surface area contributed by atoms with Gasteiger partial charge in [0, 0.05) is 37.3 Å². The lowest BCUT2D eigenvalue weighted by Gasteiger charge is -2.42. The van der Waals surface area contributed by atoms with Gasteiger partial charge in [-0.2, -0.15) is 0 Å². The zero-order valence-corrected chi connectivity index (χ0v) is 26.3. The van der Waals surface area contributed by atoms with Gasteiger partial charge in [-0.3, -0.25) is 14.5 Å². The molecule has 2 aromatic rings. The van der Waals surface area contributed by atoms with E-state index in [2.05, 4.69) is 18.7 Å². The van der Waals surface area contributed by atoms with Gasteiger partial charge >= 0.3 is 0 Å². The molecule has 2 unspecified atom stereocenters. The van der Waals surface area contributed by atoms with Gasteiger partial charge in [0.05, 0.1) is 38.4 Å². The van der Waals surface area contributed by atoms with E-state index in [-0.39, 0.29) is 36.4 Å². The largest absolute Gasteiger partial charge is 0.493 e. The summed E-state index contributed by atoms with van der Waals surface area (Å²) < 4.78 is 35.0. The Hall–Kier alpha value is -3.38. The van der Waals surface area contributed by atoms with Crippen LogP contribution in [-0.2, 0) is 9.47 Å². The quantitative estimate of drug-likeness (QED) is 0.467. The minimum Gasteiger partial charge on any atom is -0.493 e. The van der Waals surface area contributed by atoms with E-state index in [1.807, 2.05) is 17.9 Å². The van der Waals surface area contributed by atoms with E-state index in [1.54, 1.807) is 18.2 Å². The first-order valence-electron chi connectivity index (χ1n) is 16.1. The average molecular weight is 623 g/mol. The van der Waals surface area contributed by atoms with Gasteiger partial charge in [-0.15, -0.1) is 0 Å². The number of hydrogen-bond donors (Lipinski definition) is 1. The third kappa shape index (κ3) is 5.14. The standard InChI is InChI=1S/C34H42N2O9/c1-5-24-18(2)19(3)31(37)34(44-24)45-28-16-23-20(13-25(28)40-4)29-30(21-14-26-27(43-17-42-26)15-22(21)32(29)38)36(33(23)39)8-6-7-35-9-11-41-12-10-35/h13-16,18-19,24,29-31,34,37H,5-12,17H2,1-4H3/t18-,19+,24-,29?,30?,31-,34+/m1/s1. The van der Waals surface area contributed by atoms with E-state index >= 15 is 0 Å². The van der Waals surface area contributed by atoms with E-state index in [4.69, 9.17) is 28.4 Å². The number of methoxy groups -OCH3 is 1. The van der Waals surface area contributed by atoms with Crippen LogP contribution in [0.4, 0.5) is 0 Å². The Balaban J connectivity index is 1.25. The fourth-order valence-electron chi connectivity index (χ4n) is 7.61. The smallest absolute Gasteiger partial charge is 0.254 e. The summed E-state index contributed by atoms with van der Waals surface area (Å²) in [4.78, 5) is 32.8.